The van der Waals surface area contributed by atoms with Crippen molar-refractivity contribution in [2.45, 2.75) is 52.9 Å². The predicted octanol–water partition coefficient (Wildman–Crippen LogP) is 2.99. The number of hydrogen-bond acceptors (Lipinski definition) is 3. The topological polar surface area (TPSA) is 63.1 Å². The van der Waals surface area contributed by atoms with Gasteiger partial charge in [0.25, 0.3) is 0 Å². The molecule has 0 saturated carbocycles. The smallest absolute Gasteiger partial charge is 0.311 e. The molecule has 0 aliphatic carbocycles. The van der Waals surface area contributed by atoms with E-state index in [4.69, 9.17) is 0 Å². The molecule has 0 bridgehead atoms. The normalized spacial score (nSPS) is 14.3. The molecular weight excluding hydrogens is 228 g/mol. The Hall–Kier alpha value is -1.45. The van der Waals surface area contributed by atoms with Gasteiger partial charge in [-0.15, -0.1) is 0 Å². The number of carboxylic acids is 1. The molecule has 0 saturated heterocycles. The third-order valence-corrected chi connectivity index (χ3v) is 2.79. The van der Waals surface area contributed by atoms with E-state index in [1.807, 2.05) is 41.5 Å². The fourth-order valence-electron chi connectivity index (χ4n) is 1.89. The lowest BCUT2D eigenvalue weighted by atomic mass is 9.77. The first-order valence-electron chi connectivity index (χ1n) is 6.08. The predicted molar refractivity (Wildman–Crippen MR) is 70.6 cm³/mol. The van der Waals surface area contributed by atoms with Crippen molar-refractivity contribution in [2.75, 3.05) is 0 Å². The minimum absolute atomic E-state index is 0.126. The van der Waals surface area contributed by atoms with Crippen LogP contribution in [0.1, 0.15) is 58.8 Å². The van der Waals surface area contributed by atoms with Gasteiger partial charge in [0.2, 0.25) is 0 Å². The fourth-order valence-corrected chi connectivity index (χ4v) is 1.89. The maximum Gasteiger partial charge on any atom is 0.311 e. The van der Waals surface area contributed by atoms with Crippen LogP contribution in [0.15, 0.2) is 12.4 Å². The van der Waals surface area contributed by atoms with E-state index in [0.29, 0.717) is 5.56 Å². The van der Waals surface area contributed by atoms with Crippen LogP contribution in [0, 0.1) is 5.41 Å². The maximum atomic E-state index is 11.4. The molecule has 100 valence electrons. The average molecular weight is 250 g/mol. The van der Waals surface area contributed by atoms with Crippen LogP contribution in [-0.4, -0.2) is 21.0 Å². The van der Waals surface area contributed by atoms with Gasteiger partial charge in [-0.05, 0) is 5.41 Å². The summed E-state index contributed by atoms with van der Waals surface area (Å²) in [7, 11) is 0. The second-order valence-electron chi connectivity index (χ2n) is 6.73. The lowest BCUT2D eigenvalue weighted by Gasteiger charge is -2.27. The van der Waals surface area contributed by atoms with Crippen molar-refractivity contribution in [2.24, 2.45) is 5.41 Å². The molecule has 0 aliphatic rings. The highest BCUT2D eigenvalue weighted by molar-refractivity contribution is 5.76. The molecule has 1 heterocycles. The summed E-state index contributed by atoms with van der Waals surface area (Å²) in [4.78, 5) is 20.0. The van der Waals surface area contributed by atoms with Gasteiger partial charge in [-0.2, -0.15) is 0 Å². The zero-order valence-electron chi connectivity index (χ0n) is 12.0. The monoisotopic (exact) mass is 250 g/mol. The molecule has 1 N–H and O–H groups in total. The summed E-state index contributed by atoms with van der Waals surface area (Å²) in [6.07, 6.45) is 3.27. The molecule has 0 aromatic carbocycles. The van der Waals surface area contributed by atoms with Crippen LogP contribution >= 0.6 is 0 Å². The van der Waals surface area contributed by atoms with Crippen LogP contribution < -0.4 is 0 Å². The van der Waals surface area contributed by atoms with Gasteiger partial charge >= 0.3 is 5.97 Å². The van der Waals surface area contributed by atoms with Crippen molar-refractivity contribution >= 4 is 5.97 Å². The summed E-state index contributed by atoms with van der Waals surface area (Å²) in [6.45, 7) is 11.8. The van der Waals surface area contributed by atoms with Gasteiger partial charge in [-0.25, -0.2) is 9.97 Å². The molecule has 0 radical (unpaired) electrons. The Bertz CT molecular complexity index is 425. The lowest BCUT2D eigenvalue weighted by Crippen LogP contribution is -2.27. The Balaban J connectivity index is 3.14. The fraction of sp³-hybridized carbons (Fsp3) is 0.643. The van der Waals surface area contributed by atoms with E-state index in [-0.39, 0.29) is 10.8 Å². The highest BCUT2D eigenvalue weighted by Crippen LogP contribution is 2.34. The molecule has 1 unspecified atom stereocenters. The Morgan fingerprint density at radius 2 is 1.56 bits per heavy atom. The number of rotatable bonds is 2. The van der Waals surface area contributed by atoms with Crippen molar-refractivity contribution in [3.63, 3.8) is 0 Å². The Labute approximate surface area is 108 Å². The third-order valence-electron chi connectivity index (χ3n) is 2.79. The van der Waals surface area contributed by atoms with Crippen LogP contribution in [-0.2, 0) is 10.2 Å². The minimum atomic E-state index is -0.838. The molecular formula is C14H22N2O2. The molecule has 0 aliphatic heterocycles. The number of aliphatic carboxylic acids is 1. The molecule has 1 rings (SSSR count). The molecule has 1 aromatic rings. The second-order valence-corrected chi connectivity index (χ2v) is 6.73. The van der Waals surface area contributed by atoms with Crippen LogP contribution in [0.5, 0.6) is 0 Å². The summed E-state index contributed by atoms with van der Waals surface area (Å²) < 4.78 is 0. The average Bonchev–Trinajstić information content (AvgIpc) is 2.13. The van der Waals surface area contributed by atoms with E-state index in [2.05, 4.69) is 9.97 Å². The Kier molecular flexibility index (Phi) is 3.79. The zero-order valence-corrected chi connectivity index (χ0v) is 12.0. The van der Waals surface area contributed by atoms with Crippen LogP contribution in [0.25, 0.3) is 0 Å². The molecule has 0 amide bonds. The quantitative estimate of drug-likeness (QED) is 0.876. The number of aromatic nitrogens is 2. The maximum absolute atomic E-state index is 11.4. The van der Waals surface area contributed by atoms with Gasteiger partial charge in [-0.3, -0.25) is 4.79 Å². The second kappa shape index (κ2) is 4.67. The summed E-state index contributed by atoms with van der Waals surface area (Å²) in [5, 5.41) is 9.34. The Morgan fingerprint density at radius 3 is 1.83 bits per heavy atom. The van der Waals surface area contributed by atoms with E-state index in [0.717, 1.165) is 5.82 Å². The molecule has 1 atom stereocenters. The van der Waals surface area contributed by atoms with E-state index in [9.17, 15) is 9.90 Å². The first-order valence-corrected chi connectivity index (χ1v) is 6.08. The molecule has 4 heteroatoms. The standard InChI is InChI=1S/C14H22N2O2/c1-13(2,3)10(11(17)18)9-7-15-12(16-8-9)14(4,5)6/h7-8,10H,1-6H3,(H,17,18). The van der Waals surface area contributed by atoms with Crippen molar-refractivity contribution < 1.29 is 9.90 Å². The Morgan fingerprint density at radius 1 is 1.11 bits per heavy atom. The van der Waals surface area contributed by atoms with Gasteiger partial charge < -0.3 is 5.11 Å². The van der Waals surface area contributed by atoms with Crippen molar-refractivity contribution in [3.8, 4) is 0 Å². The number of carboxylic acid groups (broad SMARTS) is 1. The molecule has 0 spiro atoms. The molecule has 1 aromatic heterocycles. The zero-order chi connectivity index (χ0) is 14.1. The van der Waals surface area contributed by atoms with Gasteiger partial charge in [0, 0.05) is 23.4 Å². The summed E-state index contributed by atoms with van der Waals surface area (Å²) in [5.41, 5.74) is 0.167. The van der Waals surface area contributed by atoms with E-state index in [1.54, 1.807) is 12.4 Å². The number of nitrogens with zero attached hydrogens (tertiary/aromatic N) is 2. The largest absolute Gasteiger partial charge is 0.481 e. The van der Waals surface area contributed by atoms with Crippen LogP contribution in [0.4, 0.5) is 0 Å². The first kappa shape index (κ1) is 14.6. The summed E-state index contributed by atoms with van der Waals surface area (Å²) in [5.74, 6) is -0.703. The van der Waals surface area contributed by atoms with Gasteiger partial charge in [0.05, 0.1) is 5.92 Å². The van der Waals surface area contributed by atoms with Gasteiger partial charge in [-0.1, -0.05) is 41.5 Å². The summed E-state index contributed by atoms with van der Waals surface area (Å²) >= 11 is 0. The van der Waals surface area contributed by atoms with Crippen molar-refractivity contribution in [1.29, 1.82) is 0 Å². The SMILES string of the molecule is CC(C)(C)c1ncc(C(C(=O)O)C(C)(C)C)cn1. The molecule has 18 heavy (non-hydrogen) atoms. The van der Waals surface area contributed by atoms with Gasteiger partial charge in [0.1, 0.15) is 5.82 Å². The highest BCUT2D eigenvalue weighted by atomic mass is 16.4. The number of carbonyl (C=O) groups is 1. The highest BCUT2D eigenvalue weighted by Gasteiger charge is 2.33. The molecule has 0 fully saturated rings. The van der Waals surface area contributed by atoms with Crippen molar-refractivity contribution in [1.82, 2.24) is 9.97 Å². The summed E-state index contributed by atoms with van der Waals surface area (Å²) in [6, 6.07) is 0. The van der Waals surface area contributed by atoms with Crippen molar-refractivity contribution in [3.05, 3.63) is 23.8 Å². The van der Waals surface area contributed by atoms with E-state index < -0.39 is 11.9 Å². The van der Waals surface area contributed by atoms with Crippen LogP contribution in [0.2, 0.25) is 0 Å². The molecule has 4 nitrogen and oxygen atoms in total. The third kappa shape index (κ3) is 3.28. The van der Waals surface area contributed by atoms with E-state index in [1.165, 1.54) is 0 Å². The first-order chi connectivity index (χ1) is 8.03. The lowest BCUT2D eigenvalue weighted by molar-refractivity contribution is -0.141. The minimum Gasteiger partial charge on any atom is -0.481 e. The number of hydrogen-bond donors (Lipinski definition) is 1. The van der Waals surface area contributed by atoms with Gasteiger partial charge in [0.15, 0.2) is 0 Å². The van der Waals surface area contributed by atoms with E-state index >= 15 is 0 Å². The van der Waals surface area contributed by atoms with Crippen LogP contribution in [0.3, 0.4) is 0 Å².